The number of unbranched alkanes of at least 4 members (excludes halogenated alkanes) is 6. The highest BCUT2D eigenvalue weighted by atomic mass is 32.2. The van der Waals surface area contributed by atoms with Crippen LogP contribution in [0.15, 0.2) is 12.5 Å². The van der Waals surface area contributed by atoms with Crippen molar-refractivity contribution in [1.29, 1.82) is 0 Å². The highest BCUT2D eigenvalue weighted by Gasteiger charge is 2.44. The molecular formula is C35H59N10O15P3S. The first-order valence-electron chi connectivity index (χ1n) is 21.4. The highest BCUT2D eigenvalue weighted by Crippen LogP contribution is 2.67. The van der Waals surface area contributed by atoms with Gasteiger partial charge in [0.05, 0.1) is 23.7 Å². The molecule has 360 valence electrons. The maximum Gasteiger partial charge on any atom is 0.490 e. The van der Waals surface area contributed by atoms with Gasteiger partial charge in [-0.15, -0.1) is 0 Å². The van der Waals surface area contributed by atoms with Crippen LogP contribution in [-0.4, -0.2) is 119 Å². The maximum absolute atomic E-state index is 12.3. The maximum atomic E-state index is 12.3. The van der Waals surface area contributed by atoms with Gasteiger partial charge in [0, 0.05) is 62.9 Å². The third kappa shape index (κ3) is 17.9. The second-order valence-corrected chi connectivity index (χ2v) is 21.2. The molecule has 0 saturated carbocycles. The largest absolute Gasteiger partial charge is 0.490 e. The van der Waals surface area contributed by atoms with Gasteiger partial charge in [0.25, 0.3) is 0 Å². The fourth-order valence-electron chi connectivity index (χ4n) is 7.36. The minimum absolute atomic E-state index is 0.00506. The molecule has 0 aliphatic carbocycles. The molecular weight excluding hydrogens is 925 g/mol. The lowest BCUT2D eigenvalue weighted by molar-refractivity contribution is -0.122. The Morgan fingerprint density at radius 1 is 0.781 bits per heavy atom. The Bertz CT molecular complexity index is 2030. The van der Waals surface area contributed by atoms with Crippen molar-refractivity contribution in [1.82, 2.24) is 46.3 Å². The van der Waals surface area contributed by atoms with Crippen LogP contribution in [0.4, 0.5) is 10.6 Å². The van der Waals surface area contributed by atoms with Gasteiger partial charge in [-0.2, -0.15) is 25.5 Å². The predicted octanol–water partition coefficient (Wildman–Crippen LogP) is 3.19. The summed E-state index contributed by atoms with van der Waals surface area (Å²) in [6, 6.07) is 0.335. The minimum atomic E-state index is -5.67. The molecule has 3 aliphatic rings. The molecule has 10 N–H and O–H groups in total. The number of phosphoric ester groups is 1. The predicted molar refractivity (Wildman–Crippen MR) is 231 cm³/mol. The molecule has 29 heteroatoms. The molecule has 3 saturated heterocycles. The van der Waals surface area contributed by atoms with Crippen molar-refractivity contribution < 1.29 is 70.3 Å². The van der Waals surface area contributed by atoms with Gasteiger partial charge < -0.3 is 56.2 Å². The Labute approximate surface area is 373 Å². The molecule has 5 rings (SSSR count). The number of carbonyl (C=O) groups is 4. The summed E-state index contributed by atoms with van der Waals surface area (Å²) in [5.74, 6) is 1.45. The SMILES string of the molecule is O=C(CCCCCNC(=O)CCCCC1SCC2NC(=O)NC21)NCCCCCC(=O)NCCCCNc1ncnc2c1cnn2C1CCC(OP(=O)(O)OP(=O)(O)OP(=O)(O)O)O1. The molecule has 7 unspecified atom stereocenters. The van der Waals surface area contributed by atoms with Crippen LogP contribution >= 0.6 is 35.2 Å². The number of fused-ring (bicyclic) bond motifs is 2. The van der Waals surface area contributed by atoms with Crippen LogP contribution in [0.3, 0.4) is 0 Å². The van der Waals surface area contributed by atoms with E-state index in [0.717, 1.165) is 57.1 Å². The van der Waals surface area contributed by atoms with Crippen molar-refractivity contribution in [3.05, 3.63) is 12.5 Å². The monoisotopic (exact) mass is 984 g/mol. The van der Waals surface area contributed by atoms with E-state index in [9.17, 15) is 42.7 Å². The van der Waals surface area contributed by atoms with Gasteiger partial charge in [0.1, 0.15) is 12.1 Å². The first-order chi connectivity index (χ1) is 30.5. The van der Waals surface area contributed by atoms with E-state index in [2.05, 4.69) is 55.6 Å². The molecule has 3 fully saturated rings. The average molecular weight is 985 g/mol. The number of anilines is 1. The van der Waals surface area contributed by atoms with Crippen LogP contribution in [-0.2, 0) is 46.0 Å². The smallest absolute Gasteiger partial charge is 0.369 e. The Morgan fingerprint density at radius 3 is 2.03 bits per heavy atom. The summed E-state index contributed by atoms with van der Waals surface area (Å²) in [6.07, 6.45) is 11.1. The zero-order valence-electron chi connectivity index (χ0n) is 35.2. The zero-order valence-corrected chi connectivity index (χ0v) is 38.7. The number of carbonyl (C=O) groups excluding carboxylic acids is 4. The summed E-state index contributed by atoms with van der Waals surface area (Å²) in [5, 5.41) is 23.2. The van der Waals surface area contributed by atoms with Gasteiger partial charge in [0.15, 0.2) is 18.2 Å². The van der Waals surface area contributed by atoms with Crippen molar-refractivity contribution in [3.63, 3.8) is 0 Å². The van der Waals surface area contributed by atoms with Crippen LogP contribution in [0.5, 0.6) is 0 Å². The van der Waals surface area contributed by atoms with Crippen molar-refractivity contribution in [3.8, 4) is 0 Å². The molecule has 3 aliphatic heterocycles. The first-order valence-corrected chi connectivity index (χ1v) is 26.9. The van der Waals surface area contributed by atoms with E-state index >= 15 is 0 Å². The average Bonchev–Trinajstić information content (AvgIpc) is 4.01. The van der Waals surface area contributed by atoms with Crippen LogP contribution in [0.25, 0.3) is 11.0 Å². The van der Waals surface area contributed by atoms with Gasteiger partial charge in [-0.1, -0.05) is 19.3 Å². The molecule has 0 aromatic carbocycles. The summed E-state index contributed by atoms with van der Waals surface area (Å²) < 4.78 is 53.9. The third-order valence-electron chi connectivity index (χ3n) is 10.4. The van der Waals surface area contributed by atoms with Crippen molar-refractivity contribution in [2.75, 3.05) is 37.2 Å². The summed E-state index contributed by atoms with van der Waals surface area (Å²) in [7, 11) is -16.6. The number of rotatable bonds is 30. The van der Waals surface area contributed by atoms with Crippen molar-refractivity contribution >= 4 is 75.8 Å². The molecule has 64 heavy (non-hydrogen) atoms. The number of nitrogens with zero attached hydrogens (tertiary/aromatic N) is 4. The minimum Gasteiger partial charge on any atom is -0.369 e. The van der Waals surface area contributed by atoms with Crippen LogP contribution in [0.2, 0.25) is 0 Å². The Morgan fingerprint density at radius 2 is 1.39 bits per heavy atom. The number of aromatic nitrogens is 4. The lowest BCUT2D eigenvalue weighted by atomic mass is 10.0. The van der Waals surface area contributed by atoms with E-state index in [1.54, 1.807) is 0 Å². The molecule has 0 bridgehead atoms. The summed E-state index contributed by atoms with van der Waals surface area (Å²) in [6.45, 7) is 2.20. The topological polar surface area (TPSA) is 353 Å². The molecule has 7 atom stereocenters. The number of nitrogens with one attached hydrogen (secondary N) is 6. The Kier molecular flexibility index (Phi) is 20.2. The van der Waals surface area contributed by atoms with Crippen molar-refractivity contribution in [2.24, 2.45) is 0 Å². The quantitative estimate of drug-likeness (QED) is 0.0305. The number of hydrogen-bond donors (Lipinski definition) is 10. The second kappa shape index (κ2) is 25.0. The molecule has 2 aromatic heterocycles. The second-order valence-electron chi connectivity index (χ2n) is 15.5. The normalized spacial score (nSPS) is 22.6. The molecule has 0 spiro atoms. The number of urea groups is 1. The summed E-state index contributed by atoms with van der Waals surface area (Å²) in [4.78, 5) is 93.2. The van der Waals surface area contributed by atoms with Gasteiger partial charge in [0.2, 0.25) is 17.7 Å². The van der Waals surface area contributed by atoms with E-state index in [0.29, 0.717) is 86.8 Å². The van der Waals surface area contributed by atoms with Gasteiger partial charge in [-0.05, 0) is 57.8 Å². The molecule has 5 amide bonds. The van der Waals surface area contributed by atoms with E-state index in [4.69, 9.17) is 19.0 Å². The van der Waals surface area contributed by atoms with Crippen LogP contribution in [0, 0.1) is 0 Å². The molecule has 5 heterocycles. The first kappa shape index (κ1) is 51.7. The number of phosphoric acid groups is 3. The van der Waals surface area contributed by atoms with E-state index in [-0.39, 0.29) is 48.7 Å². The zero-order chi connectivity index (χ0) is 46.2. The van der Waals surface area contributed by atoms with Crippen molar-refractivity contribution in [2.45, 2.75) is 133 Å². The fourth-order valence-corrected chi connectivity index (χ4v) is 12.0. The van der Waals surface area contributed by atoms with Gasteiger partial charge >= 0.3 is 29.5 Å². The highest BCUT2D eigenvalue weighted by molar-refractivity contribution is 8.00. The van der Waals surface area contributed by atoms with E-state index < -0.39 is 36.0 Å². The molecule has 0 radical (unpaired) electrons. The number of ether oxygens (including phenoxy) is 1. The third-order valence-corrected chi connectivity index (χ3v) is 15.7. The lowest BCUT2D eigenvalue weighted by Crippen LogP contribution is -2.36. The Balaban J connectivity index is 0.824. The van der Waals surface area contributed by atoms with E-state index in [1.165, 1.54) is 17.2 Å². The van der Waals surface area contributed by atoms with Gasteiger partial charge in [-0.25, -0.2) is 33.1 Å². The standard InChI is InChI=1S/C35H59N10O15P3S/c46-27(12-3-1-8-18-37-29(48)14-6-5-11-26-32-25(22-64-26)43-35(49)44-32)36-17-7-2-4-13-28(47)38-19-9-10-20-39-33-24-21-42-45(34(24)41-23-40-33)30-15-16-31(57-30)58-62(53,54)60-63(55,56)59-61(50,51)52/h21,23,25-26,30-32H,1-20,22H2,(H,36,46)(H,37,48)(H,38,47)(H,53,54)(H,55,56)(H,39,40,41)(H2,43,44,49)(H2,50,51,52). The molecule has 2 aromatic rings. The summed E-state index contributed by atoms with van der Waals surface area (Å²) in [5.41, 5.74) is 0.374. The fraction of sp³-hybridized carbons (Fsp3) is 0.743. The number of hydrogen-bond acceptors (Lipinski definition) is 16. The number of thioether (sulfide) groups is 1. The molecule has 25 nitrogen and oxygen atoms in total. The summed E-state index contributed by atoms with van der Waals surface area (Å²) >= 11 is 1.88. The lowest BCUT2D eigenvalue weighted by Gasteiger charge is -2.19. The Hall–Kier alpha value is -3.25. The van der Waals surface area contributed by atoms with Gasteiger partial charge in [-0.3, -0.25) is 18.9 Å². The van der Waals surface area contributed by atoms with E-state index in [1.807, 2.05) is 11.8 Å². The van der Waals surface area contributed by atoms with Crippen LogP contribution < -0.4 is 31.9 Å². The number of amides is 5. The van der Waals surface area contributed by atoms with Crippen LogP contribution in [0.1, 0.15) is 109 Å².